The van der Waals surface area contributed by atoms with Gasteiger partial charge in [0.05, 0.1) is 11.4 Å². The first kappa shape index (κ1) is 17.5. The van der Waals surface area contributed by atoms with Gasteiger partial charge in [-0.3, -0.25) is 0 Å². The molecular formula is C19H19FN2O2S. The molecule has 1 aromatic heterocycles. The standard InChI is InChI=1S/C19H19FN2O2S/c1-13-19(14-5-4-6-16(11-14)25(23)24)17-7-2-3-8-18(17)22(13)12-15(20)9-10-21/h2-9,11H,10,12,21H2,1H3,(H,23,24)/b15-9-. The van der Waals surface area contributed by atoms with Gasteiger partial charge in [-0.1, -0.05) is 30.3 Å². The molecule has 0 aliphatic carbocycles. The van der Waals surface area contributed by atoms with E-state index in [1.165, 1.54) is 6.08 Å². The number of nitrogens with zero attached hydrogens (tertiary/aromatic N) is 1. The molecule has 0 saturated carbocycles. The summed E-state index contributed by atoms with van der Waals surface area (Å²) < 4.78 is 36.7. The topological polar surface area (TPSA) is 68.2 Å². The van der Waals surface area contributed by atoms with E-state index in [1.54, 1.807) is 18.2 Å². The smallest absolute Gasteiger partial charge is 0.186 e. The minimum absolute atomic E-state index is 0.106. The lowest BCUT2D eigenvalue weighted by molar-refractivity contribution is 0.555. The quantitative estimate of drug-likeness (QED) is 0.677. The Labute approximate surface area is 148 Å². The molecule has 3 aromatic rings. The van der Waals surface area contributed by atoms with Crippen LogP contribution in [0, 0.1) is 6.92 Å². The molecule has 0 radical (unpaired) electrons. The molecule has 0 spiro atoms. The molecule has 3 N–H and O–H groups in total. The van der Waals surface area contributed by atoms with Gasteiger partial charge in [-0.05, 0) is 36.8 Å². The maximum absolute atomic E-state index is 14.1. The van der Waals surface area contributed by atoms with E-state index in [-0.39, 0.29) is 18.9 Å². The van der Waals surface area contributed by atoms with Crippen LogP contribution in [-0.2, 0) is 17.6 Å². The Morgan fingerprint density at radius 1 is 1.28 bits per heavy atom. The van der Waals surface area contributed by atoms with E-state index in [0.29, 0.717) is 4.90 Å². The average Bonchev–Trinajstić information content (AvgIpc) is 2.87. The number of aromatic nitrogens is 1. The SMILES string of the molecule is Cc1c(-c2cccc(S(=O)O)c2)c2ccccc2n1C/C(F)=C/CN. The monoisotopic (exact) mass is 358 g/mol. The molecular weight excluding hydrogens is 339 g/mol. The average molecular weight is 358 g/mol. The van der Waals surface area contributed by atoms with Crippen LogP contribution in [0.15, 0.2) is 65.3 Å². The molecule has 6 heteroatoms. The molecule has 25 heavy (non-hydrogen) atoms. The third kappa shape index (κ3) is 3.42. The lowest BCUT2D eigenvalue weighted by Gasteiger charge is -2.08. The number of fused-ring (bicyclic) bond motifs is 1. The molecule has 0 fully saturated rings. The summed E-state index contributed by atoms with van der Waals surface area (Å²) in [4.78, 5) is 0.336. The first-order valence-corrected chi connectivity index (χ1v) is 8.97. The van der Waals surface area contributed by atoms with Crippen LogP contribution in [0.3, 0.4) is 0 Å². The Hall–Kier alpha value is -2.28. The summed E-state index contributed by atoms with van der Waals surface area (Å²) >= 11 is -2.05. The minimum Gasteiger partial charge on any atom is -0.337 e. The van der Waals surface area contributed by atoms with Gasteiger partial charge >= 0.3 is 0 Å². The number of nitrogens with two attached hydrogens (primary N) is 1. The van der Waals surface area contributed by atoms with Crippen LogP contribution < -0.4 is 5.73 Å². The Morgan fingerprint density at radius 3 is 2.76 bits per heavy atom. The van der Waals surface area contributed by atoms with Crippen molar-refractivity contribution in [2.24, 2.45) is 5.73 Å². The molecule has 130 valence electrons. The van der Waals surface area contributed by atoms with E-state index in [0.717, 1.165) is 27.7 Å². The highest BCUT2D eigenvalue weighted by molar-refractivity contribution is 7.79. The summed E-state index contributed by atoms with van der Waals surface area (Å²) in [5.41, 5.74) is 8.96. The van der Waals surface area contributed by atoms with Crippen LogP contribution in [0.25, 0.3) is 22.0 Å². The first-order chi connectivity index (χ1) is 12.0. The van der Waals surface area contributed by atoms with Gasteiger partial charge in [0, 0.05) is 28.7 Å². The van der Waals surface area contributed by atoms with Crippen LogP contribution in [0.1, 0.15) is 5.69 Å². The number of rotatable bonds is 5. The first-order valence-electron chi connectivity index (χ1n) is 7.86. The predicted octanol–water partition coefficient (Wildman–Crippen LogP) is 4.01. The van der Waals surface area contributed by atoms with Crippen LogP contribution in [0.2, 0.25) is 0 Å². The van der Waals surface area contributed by atoms with E-state index in [1.807, 2.05) is 41.8 Å². The van der Waals surface area contributed by atoms with Crippen molar-refractivity contribution in [1.82, 2.24) is 4.57 Å². The number of allylic oxidation sites excluding steroid dienone is 1. The molecule has 1 heterocycles. The van der Waals surface area contributed by atoms with Crippen molar-refractivity contribution < 1.29 is 13.2 Å². The number of hydrogen-bond acceptors (Lipinski definition) is 2. The molecule has 0 aliphatic heterocycles. The fourth-order valence-electron chi connectivity index (χ4n) is 3.10. The third-order valence-electron chi connectivity index (χ3n) is 4.20. The van der Waals surface area contributed by atoms with E-state index >= 15 is 0 Å². The van der Waals surface area contributed by atoms with Gasteiger partial charge in [0.15, 0.2) is 11.1 Å². The highest BCUT2D eigenvalue weighted by Gasteiger charge is 2.16. The zero-order chi connectivity index (χ0) is 18.0. The molecule has 1 unspecified atom stereocenters. The maximum Gasteiger partial charge on any atom is 0.186 e. The fourth-order valence-corrected chi connectivity index (χ4v) is 3.53. The van der Waals surface area contributed by atoms with Crippen molar-refractivity contribution in [1.29, 1.82) is 0 Å². The Bertz CT molecular complexity index is 979. The van der Waals surface area contributed by atoms with Gasteiger partial charge in [-0.15, -0.1) is 0 Å². The van der Waals surface area contributed by atoms with Crippen molar-refractivity contribution >= 4 is 22.0 Å². The molecule has 0 aliphatic rings. The van der Waals surface area contributed by atoms with Crippen molar-refractivity contribution in [3.63, 3.8) is 0 Å². The molecule has 0 amide bonds. The zero-order valence-electron chi connectivity index (χ0n) is 13.8. The van der Waals surface area contributed by atoms with Crippen molar-refractivity contribution in [2.45, 2.75) is 18.4 Å². The fraction of sp³-hybridized carbons (Fsp3) is 0.158. The van der Waals surface area contributed by atoms with E-state index in [9.17, 15) is 13.2 Å². The van der Waals surface area contributed by atoms with Crippen molar-refractivity contribution in [2.75, 3.05) is 6.54 Å². The minimum atomic E-state index is -2.05. The third-order valence-corrected chi connectivity index (χ3v) is 4.86. The lowest BCUT2D eigenvalue weighted by atomic mass is 10.0. The van der Waals surface area contributed by atoms with Crippen molar-refractivity contribution in [3.05, 3.63) is 66.1 Å². The summed E-state index contributed by atoms with van der Waals surface area (Å²) in [5.74, 6) is -0.289. The van der Waals surface area contributed by atoms with Crippen molar-refractivity contribution in [3.8, 4) is 11.1 Å². The zero-order valence-corrected chi connectivity index (χ0v) is 14.6. The van der Waals surface area contributed by atoms with Crippen LogP contribution in [0.4, 0.5) is 4.39 Å². The van der Waals surface area contributed by atoms with Crippen LogP contribution in [0.5, 0.6) is 0 Å². The van der Waals surface area contributed by atoms with Gasteiger partial charge in [0.1, 0.15) is 5.83 Å². The second-order valence-electron chi connectivity index (χ2n) is 5.73. The Kier molecular flexibility index (Phi) is 5.13. The highest BCUT2D eigenvalue weighted by Crippen LogP contribution is 2.35. The van der Waals surface area contributed by atoms with E-state index in [4.69, 9.17) is 5.73 Å². The molecule has 0 saturated heterocycles. The normalized spacial score (nSPS) is 13.4. The number of benzene rings is 2. The molecule has 1 atom stereocenters. The summed E-state index contributed by atoms with van der Waals surface area (Å²) in [6.07, 6.45) is 1.36. The summed E-state index contributed by atoms with van der Waals surface area (Å²) in [6.45, 7) is 2.18. The second kappa shape index (κ2) is 7.31. The van der Waals surface area contributed by atoms with Gasteiger partial charge in [0.25, 0.3) is 0 Å². The lowest BCUT2D eigenvalue weighted by Crippen LogP contribution is -2.03. The summed E-state index contributed by atoms with van der Waals surface area (Å²) in [7, 11) is 0. The van der Waals surface area contributed by atoms with E-state index in [2.05, 4.69) is 0 Å². The molecule has 3 rings (SSSR count). The Morgan fingerprint density at radius 2 is 2.04 bits per heavy atom. The highest BCUT2D eigenvalue weighted by atomic mass is 32.2. The largest absolute Gasteiger partial charge is 0.337 e. The van der Waals surface area contributed by atoms with Gasteiger partial charge in [-0.2, -0.15) is 0 Å². The maximum atomic E-state index is 14.1. The van der Waals surface area contributed by atoms with E-state index < -0.39 is 11.1 Å². The van der Waals surface area contributed by atoms with Gasteiger partial charge in [-0.25, -0.2) is 8.60 Å². The van der Waals surface area contributed by atoms with Crippen LogP contribution >= 0.6 is 0 Å². The summed E-state index contributed by atoms with van der Waals surface area (Å²) in [5, 5.41) is 0.974. The molecule has 2 aromatic carbocycles. The molecule has 0 bridgehead atoms. The number of hydrogen-bond donors (Lipinski definition) is 2. The Balaban J connectivity index is 2.23. The number of para-hydroxylation sites is 1. The van der Waals surface area contributed by atoms with Crippen LogP contribution in [-0.4, -0.2) is 19.9 Å². The predicted molar refractivity (Wildman–Crippen MR) is 99.4 cm³/mol. The number of halogens is 1. The molecule has 4 nitrogen and oxygen atoms in total. The second-order valence-corrected chi connectivity index (χ2v) is 6.70. The summed E-state index contributed by atoms with van der Waals surface area (Å²) in [6, 6.07) is 14.7. The van der Waals surface area contributed by atoms with Gasteiger partial charge in [0.2, 0.25) is 0 Å². The van der Waals surface area contributed by atoms with Gasteiger partial charge < -0.3 is 14.9 Å².